The molecule has 0 saturated heterocycles. The second-order valence-electron chi connectivity index (χ2n) is 6.61. The molecule has 0 fully saturated rings. The highest BCUT2D eigenvalue weighted by atomic mass is 19.4. The van der Waals surface area contributed by atoms with E-state index >= 15 is 0 Å². The number of hydrogen-bond donors (Lipinski definition) is 3. The quantitative estimate of drug-likeness (QED) is 0.308. The Hall–Kier alpha value is -4.07. The second-order valence-corrected chi connectivity index (χ2v) is 6.61. The van der Waals surface area contributed by atoms with Crippen LogP contribution in [-0.4, -0.2) is 46.6 Å². The van der Waals surface area contributed by atoms with Gasteiger partial charge in [-0.2, -0.15) is 22.8 Å². The van der Waals surface area contributed by atoms with Crippen molar-refractivity contribution in [1.82, 2.24) is 24.1 Å². The maximum absolute atomic E-state index is 13.1. The molecule has 0 saturated carbocycles. The number of aliphatic hydroxyl groups is 1. The van der Waals surface area contributed by atoms with E-state index in [1.54, 1.807) is 0 Å². The van der Waals surface area contributed by atoms with Crippen LogP contribution in [-0.2, 0) is 12.7 Å². The summed E-state index contributed by atoms with van der Waals surface area (Å²) in [5.41, 5.74) is -3.38. The summed E-state index contributed by atoms with van der Waals surface area (Å²) in [6.45, 7) is -0.469. The van der Waals surface area contributed by atoms with Gasteiger partial charge in [0.1, 0.15) is 29.2 Å². The van der Waals surface area contributed by atoms with Gasteiger partial charge >= 0.3 is 12.1 Å². The number of nitrogens with one attached hydrogen (secondary N) is 1. The Morgan fingerprint density at radius 2 is 1.97 bits per heavy atom. The van der Waals surface area contributed by atoms with E-state index in [4.69, 9.17) is 0 Å². The van der Waals surface area contributed by atoms with E-state index in [9.17, 15) is 37.4 Å². The monoisotopic (exact) mass is 452 g/mol. The van der Waals surface area contributed by atoms with E-state index in [1.807, 2.05) is 0 Å². The van der Waals surface area contributed by atoms with E-state index in [0.29, 0.717) is 6.07 Å². The first-order valence-electron chi connectivity index (χ1n) is 8.84. The highest BCUT2D eigenvalue weighted by Crippen LogP contribution is 2.28. The molecule has 166 valence electrons. The maximum Gasteiger partial charge on any atom is 0.433 e. The van der Waals surface area contributed by atoms with Crippen LogP contribution in [0, 0.1) is 5.82 Å². The zero-order chi connectivity index (χ0) is 23.2. The highest BCUT2D eigenvalue weighted by Gasteiger charge is 2.33. The van der Waals surface area contributed by atoms with Gasteiger partial charge in [-0.1, -0.05) is 0 Å². The fraction of sp³-hybridized carbons (Fsp3) is 0.167. The number of anilines is 1. The molecule has 0 aliphatic heterocycles. The minimum atomic E-state index is -4.81. The third-order valence-electron chi connectivity index (χ3n) is 4.43. The highest BCUT2D eigenvalue weighted by molar-refractivity contribution is 5.88. The van der Waals surface area contributed by atoms with Crippen molar-refractivity contribution in [3.8, 4) is 0 Å². The van der Waals surface area contributed by atoms with E-state index in [1.165, 1.54) is 6.07 Å². The summed E-state index contributed by atoms with van der Waals surface area (Å²) < 4.78 is 54.0. The molecule has 0 radical (unpaired) electrons. The summed E-state index contributed by atoms with van der Waals surface area (Å²) in [6.07, 6.45) is -5.37. The smallest absolute Gasteiger partial charge is 0.433 e. The van der Waals surface area contributed by atoms with Gasteiger partial charge in [0, 0.05) is 6.07 Å². The number of alkyl halides is 3. The SMILES string of the molecule is O=C(O)c1cc2n(CC(O)Nc3ccc(F)cn3)c(=O)c3ccc(C(F)(F)F)nc3n2n1. The number of hydrogen-bond acceptors (Lipinski definition) is 7. The van der Waals surface area contributed by atoms with Crippen molar-refractivity contribution in [3.63, 3.8) is 0 Å². The van der Waals surface area contributed by atoms with E-state index in [-0.39, 0.29) is 16.9 Å². The summed E-state index contributed by atoms with van der Waals surface area (Å²) in [5, 5.41) is 25.6. The van der Waals surface area contributed by atoms with Crippen molar-refractivity contribution in [2.45, 2.75) is 18.9 Å². The first-order valence-corrected chi connectivity index (χ1v) is 8.84. The first kappa shape index (κ1) is 21.2. The molecule has 32 heavy (non-hydrogen) atoms. The molecule has 0 aliphatic carbocycles. The number of aliphatic hydroxyl groups excluding tert-OH is 1. The molecule has 1 atom stereocenters. The lowest BCUT2D eigenvalue weighted by Gasteiger charge is -2.17. The van der Waals surface area contributed by atoms with Crippen LogP contribution in [0.3, 0.4) is 0 Å². The maximum atomic E-state index is 13.1. The molecule has 10 nitrogen and oxygen atoms in total. The van der Waals surface area contributed by atoms with Gasteiger partial charge in [-0.3, -0.25) is 9.36 Å². The lowest BCUT2D eigenvalue weighted by atomic mass is 10.2. The lowest BCUT2D eigenvalue weighted by molar-refractivity contribution is -0.141. The van der Waals surface area contributed by atoms with Crippen molar-refractivity contribution in [1.29, 1.82) is 0 Å². The molecule has 0 aliphatic rings. The predicted molar refractivity (Wildman–Crippen MR) is 101 cm³/mol. The number of aromatic carboxylic acids is 1. The zero-order valence-electron chi connectivity index (χ0n) is 15.7. The Balaban J connectivity index is 1.85. The van der Waals surface area contributed by atoms with Crippen LogP contribution in [0.4, 0.5) is 23.4 Å². The minimum absolute atomic E-state index is 0.0833. The van der Waals surface area contributed by atoms with E-state index < -0.39 is 53.3 Å². The molecule has 4 aromatic rings. The first-order chi connectivity index (χ1) is 15.0. The number of nitrogens with zero attached hydrogens (tertiary/aromatic N) is 5. The number of halogens is 4. The van der Waals surface area contributed by atoms with Gasteiger partial charge < -0.3 is 15.5 Å². The summed E-state index contributed by atoms with van der Waals surface area (Å²) in [5.74, 6) is -2.01. The fourth-order valence-electron chi connectivity index (χ4n) is 3.03. The third kappa shape index (κ3) is 3.82. The van der Waals surface area contributed by atoms with Crippen LogP contribution in [0.25, 0.3) is 16.7 Å². The van der Waals surface area contributed by atoms with Gasteiger partial charge in [-0.15, -0.1) is 0 Å². The van der Waals surface area contributed by atoms with E-state index in [2.05, 4.69) is 20.4 Å². The number of fused-ring (bicyclic) bond motifs is 3. The lowest BCUT2D eigenvalue weighted by Crippen LogP contribution is -2.33. The molecule has 14 heteroatoms. The molecule has 4 heterocycles. The average Bonchev–Trinajstić information content (AvgIpc) is 3.18. The molecule has 0 spiro atoms. The van der Waals surface area contributed by atoms with Crippen molar-refractivity contribution >= 4 is 28.5 Å². The summed E-state index contributed by atoms with van der Waals surface area (Å²) in [7, 11) is 0. The van der Waals surface area contributed by atoms with Crippen LogP contribution >= 0.6 is 0 Å². The molecular formula is C18H12F4N6O4. The number of aromatic nitrogens is 5. The van der Waals surface area contributed by atoms with Gasteiger partial charge in [-0.25, -0.2) is 19.2 Å². The van der Waals surface area contributed by atoms with E-state index in [0.717, 1.165) is 33.5 Å². The van der Waals surface area contributed by atoms with Crippen LogP contribution in [0.1, 0.15) is 16.2 Å². The topological polar surface area (TPSA) is 135 Å². The van der Waals surface area contributed by atoms with Crippen molar-refractivity contribution < 1.29 is 32.6 Å². The number of pyridine rings is 2. The number of carboxylic acid groups (broad SMARTS) is 1. The number of rotatable bonds is 5. The Morgan fingerprint density at radius 1 is 1.22 bits per heavy atom. The van der Waals surface area contributed by atoms with Crippen molar-refractivity contribution in [2.75, 3.05) is 5.32 Å². The van der Waals surface area contributed by atoms with Crippen molar-refractivity contribution in [2.24, 2.45) is 0 Å². The third-order valence-corrected chi connectivity index (χ3v) is 4.43. The van der Waals surface area contributed by atoms with Gasteiger partial charge in [0.25, 0.3) is 5.56 Å². The molecule has 0 amide bonds. The predicted octanol–water partition coefficient (Wildman–Crippen LogP) is 1.73. The number of carbonyl (C=O) groups is 1. The molecular weight excluding hydrogens is 440 g/mol. The van der Waals surface area contributed by atoms with Crippen LogP contribution in [0.2, 0.25) is 0 Å². The average molecular weight is 452 g/mol. The molecule has 4 rings (SSSR count). The van der Waals surface area contributed by atoms with Crippen LogP contribution in [0.5, 0.6) is 0 Å². The normalized spacial score (nSPS) is 12.9. The van der Waals surface area contributed by atoms with Gasteiger partial charge in [-0.05, 0) is 24.3 Å². The molecule has 4 aromatic heterocycles. The molecule has 0 bridgehead atoms. The summed E-state index contributed by atoms with van der Waals surface area (Å²) >= 11 is 0. The Labute approximate surface area is 174 Å². The standard InChI is InChI=1S/C18H12F4N6O4/c19-8-1-4-12(23-6-8)25-13(29)7-27-14-5-10(17(31)32)26-28(14)15-9(16(27)30)2-3-11(24-15)18(20,21)22/h1-6,13,29H,7H2,(H,23,25)(H,31,32). The Kier molecular flexibility index (Phi) is 5.00. The number of carboxylic acids is 1. The van der Waals surface area contributed by atoms with Crippen LogP contribution < -0.4 is 10.9 Å². The summed E-state index contributed by atoms with van der Waals surface area (Å²) in [6, 6.07) is 4.79. The largest absolute Gasteiger partial charge is 0.476 e. The van der Waals surface area contributed by atoms with Gasteiger partial charge in [0.2, 0.25) is 0 Å². The molecule has 1 unspecified atom stereocenters. The van der Waals surface area contributed by atoms with Crippen molar-refractivity contribution in [3.05, 3.63) is 64.1 Å². The minimum Gasteiger partial charge on any atom is -0.476 e. The second kappa shape index (κ2) is 7.56. The molecule has 0 aromatic carbocycles. The van der Waals surface area contributed by atoms with Gasteiger partial charge in [0.05, 0.1) is 18.1 Å². The van der Waals surface area contributed by atoms with Crippen LogP contribution in [0.15, 0.2) is 41.3 Å². The molecule has 3 N–H and O–H groups in total. The summed E-state index contributed by atoms with van der Waals surface area (Å²) in [4.78, 5) is 31.5. The van der Waals surface area contributed by atoms with Gasteiger partial charge in [0.15, 0.2) is 11.3 Å². The Bertz CT molecular complexity index is 1400. The Morgan fingerprint density at radius 3 is 2.59 bits per heavy atom. The zero-order valence-corrected chi connectivity index (χ0v) is 15.7. The fourth-order valence-corrected chi connectivity index (χ4v) is 3.03.